The fourth-order valence-electron chi connectivity index (χ4n) is 4.57. The van der Waals surface area contributed by atoms with E-state index in [4.69, 9.17) is 9.47 Å². The minimum Gasteiger partial charge on any atom is -0.497 e. The van der Waals surface area contributed by atoms with Gasteiger partial charge in [-0.2, -0.15) is 0 Å². The number of benzene rings is 1. The van der Waals surface area contributed by atoms with Crippen LogP contribution in [-0.2, 0) is 16.1 Å². The molecular formula is C21H30N2O3. The van der Waals surface area contributed by atoms with E-state index in [1.807, 2.05) is 6.07 Å². The van der Waals surface area contributed by atoms with Gasteiger partial charge >= 0.3 is 0 Å². The van der Waals surface area contributed by atoms with Crippen LogP contribution in [0.5, 0.6) is 5.75 Å². The van der Waals surface area contributed by atoms with Crippen LogP contribution in [0.2, 0.25) is 0 Å². The van der Waals surface area contributed by atoms with Crippen molar-refractivity contribution in [2.24, 2.45) is 11.8 Å². The van der Waals surface area contributed by atoms with Crippen molar-refractivity contribution in [2.45, 2.75) is 50.8 Å². The average Bonchev–Trinajstić information content (AvgIpc) is 3.00. The summed E-state index contributed by atoms with van der Waals surface area (Å²) in [7, 11) is 1.71. The normalized spacial score (nSPS) is 29.0. The van der Waals surface area contributed by atoms with Crippen LogP contribution in [0.4, 0.5) is 0 Å². The molecule has 3 fully saturated rings. The van der Waals surface area contributed by atoms with Crippen molar-refractivity contribution in [3.63, 3.8) is 0 Å². The van der Waals surface area contributed by atoms with E-state index in [-0.39, 0.29) is 12.0 Å². The third-order valence-electron chi connectivity index (χ3n) is 6.28. The van der Waals surface area contributed by atoms with Gasteiger partial charge < -0.3 is 14.8 Å². The van der Waals surface area contributed by atoms with Crippen molar-refractivity contribution in [3.05, 3.63) is 29.8 Å². The van der Waals surface area contributed by atoms with Gasteiger partial charge in [0.25, 0.3) is 0 Å². The van der Waals surface area contributed by atoms with Crippen LogP contribution in [-0.4, -0.2) is 49.8 Å². The molecule has 3 atom stereocenters. The SMILES string of the molecule is COc1cccc(CN2CC[C@@H]3[C@@H](CO[C@@H]3CC(=O)NC3CCC3)C2)c1. The molecule has 2 aliphatic heterocycles. The lowest BCUT2D eigenvalue weighted by Crippen LogP contribution is -2.43. The molecule has 0 spiro atoms. The van der Waals surface area contributed by atoms with Gasteiger partial charge in [-0.25, -0.2) is 0 Å². The first-order chi connectivity index (χ1) is 12.7. The molecule has 1 aromatic rings. The lowest BCUT2D eigenvalue weighted by Gasteiger charge is -2.35. The van der Waals surface area contributed by atoms with Crippen molar-refractivity contribution in [1.29, 1.82) is 0 Å². The molecule has 3 aliphatic rings. The molecule has 0 unspecified atom stereocenters. The van der Waals surface area contributed by atoms with Gasteiger partial charge in [0.2, 0.25) is 5.91 Å². The van der Waals surface area contributed by atoms with Crippen molar-refractivity contribution in [2.75, 3.05) is 26.8 Å². The third kappa shape index (κ3) is 4.04. The second kappa shape index (κ2) is 7.97. The Morgan fingerprint density at radius 2 is 2.23 bits per heavy atom. The van der Waals surface area contributed by atoms with Crippen molar-refractivity contribution in [1.82, 2.24) is 10.2 Å². The lowest BCUT2D eigenvalue weighted by molar-refractivity contribution is -0.125. The second-order valence-electron chi connectivity index (χ2n) is 8.07. The van der Waals surface area contributed by atoms with Crippen LogP contribution in [0.3, 0.4) is 0 Å². The molecule has 1 aromatic carbocycles. The number of hydrogen-bond acceptors (Lipinski definition) is 4. The van der Waals surface area contributed by atoms with Crippen LogP contribution >= 0.6 is 0 Å². The number of nitrogens with zero attached hydrogens (tertiary/aromatic N) is 1. The summed E-state index contributed by atoms with van der Waals surface area (Å²) < 4.78 is 11.4. The Kier molecular flexibility index (Phi) is 5.46. The molecule has 5 heteroatoms. The maximum atomic E-state index is 12.2. The van der Waals surface area contributed by atoms with E-state index in [1.165, 1.54) is 12.0 Å². The van der Waals surface area contributed by atoms with Gasteiger partial charge in [-0.15, -0.1) is 0 Å². The zero-order valence-corrected chi connectivity index (χ0v) is 15.7. The number of piperidine rings is 1. The molecule has 2 saturated heterocycles. The topological polar surface area (TPSA) is 50.8 Å². The predicted molar refractivity (Wildman–Crippen MR) is 100 cm³/mol. The van der Waals surface area contributed by atoms with Gasteiger partial charge in [-0.05, 0) is 55.8 Å². The predicted octanol–water partition coefficient (Wildman–Crippen LogP) is 2.59. The zero-order chi connectivity index (χ0) is 17.9. The number of likely N-dealkylation sites (tertiary alicyclic amines) is 1. The molecule has 1 N–H and O–H groups in total. The van der Waals surface area contributed by atoms with E-state index in [0.29, 0.717) is 24.3 Å². The number of ether oxygens (including phenoxy) is 2. The third-order valence-corrected chi connectivity index (χ3v) is 6.28. The van der Waals surface area contributed by atoms with Gasteiger partial charge in [-0.3, -0.25) is 9.69 Å². The molecule has 4 rings (SSSR count). The Balaban J connectivity index is 1.27. The van der Waals surface area contributed by atoms with Crippen molar-refractivity contribution >= 4 is 5.91 Å². The summed E-state index contributed by atoms with van der Waals surface area (Å²) in [5.41, 5.74) is 1.29. The van der Waals surface area contributed by atoms with Crippen molar-refractivity contribution in [3.8, 4) is 5.75 Å². The van der Waals surface area contributed by atoms with Crippen LogP contribution in [0, 0.1) is 11.8 Å². The van der Waals surface area contributed by atoms with E-state index >= 15 is 0 Å². The van der Waals surface area contributed by atoms with Crippen molar-refractivity contribution < 1.29 is 14.3 Å². The summed E-state index contributed by atoms with van der Waals surface area (Å²) in [5, 5.41) is 3.15. The Morgan fingerprint density at radius 3 is 3.00 bits per heavy atom. The molecule has 2 heterocycles. The van der Waals surface area contributed by atoms with Crippen LogP contribution in [0.15, 0.2) is 24.3 Å². The Bertz CT molecular complexity index is 631. The Hall–Kier alpha value is -1.59. The number of fused-ring (bicyclic) bond motifs is 1. The largest absolute Gasteiger partial charge is 0.497 e. The molecule has 5 nitrogen and oxygen atoms in total. The quantitative estimate of drug-likeness (QED) is 0.849. The van der Waals surface area contributed by atoms with E-state index in [9.17, 15) is 4.79 Å². The zero-order valence-electron chi connectivity index (χ0n) is 15.7. The first kappa shape index (κ1) is 17.8. The first-order valence-corrected chi connectivity index (χ1v) is 9.97. The van der Waals surface area contributed by atoms with E-state index < -0.39 is 0 Å². The van der Waals surface area contributed by atoms with E-state index in [2.05, 4.69) is 28.4 Å². The molecule has 0 bridgehead atoms. The van der Waals surface area contributed by atoms with Gasteiger partial charge in [0.05, 0.1) is 26.2 Å². The Morgan fingerprint density at radius 1 is 1.35 bits per heavy atom. The smallest absolute Gasteiger partial charge is 0.222 e. The number of amides is 1. The highest BCUT2D eigenvalue weighted by atomic mass is 16.5. The summed E-state index contributed by atoms with van der Waals surface area (Å²) >= 11 is 0. The lowest BCUT2D eigenvalue weighted by atomic mass is 9.83. The highest BCUT2D eigenvalue weighted by Crippen LogP contribution is 2.36. The monoisotopic (exact) mass is 358 g/mol. The summed E-state index contributed by atoms with van der Waals surface area (Å²) in [6.07, 6.45) is 5.30. The van der Waals surface area contributed by atoms with Crippen LogP contribution in [0.25, 0.3) is 0 Å². The van der Waals surface area contributed by atoms with Crippen LogP contribution in [0.1, 0.15) is 37.7 Å². The Labute approximate surface area is 156 Å². The summed E-state index contributed by atoms with van der Waals surface area (Å²) in [4.78, 5) is 14.7. The van der Waals surface area contributed by atoms with E-state index in [0.717, 1.165) is 51.3 Å². The van der Waals surface area contributed by atoms with E-state index in [1.54, 1.807) is 7.11 Å². The minimum atomic E-state index is 0.110. The maximum Gasteiger partial charge on any atom is 0.222 e. The number of nitrogens with one attached hydrogen (secondary N) is 1. The number of rotatable bonds is 6. The summed E-state index contributed by atoms with van der Waals surface area (Å²) in [6, 6.07) is 8.73. The fraction of sp³-hybridized carbons (Fsp3) is 0.667. The van der Waals surface area contributed by atoms with Gasteiger partial charge in [-0.1, -0.05) is 12.1 Å². The molecule has 142 valence electrons. The number of carbonyl (C=O) groups is 1. The molecule has 1 aliphatic carbocycles. The highest BCUT2D eigenvalue weighted by Gasteiger charge is 2.41. The highest BCUT2D eigenvalue weighted by molar-refractivity contribution is 5.77. The number of carbonyl (C=O) groups excluding carboxylic acids is 1. The van der Waals surface area contributed by atoms with Gasteiger partial charge in [0, 0.05) is 25.0 Å². The molecule has 0 radical (unpaired) electrons. The molecule has 1 saturated carbocycles. The number of hydrogen-bond donors (Lipinski definition) is 1. The average molecular weight is 358 g/mol. The van der Waals surface area contributed by atoms with Gasteiger partial charge in [0.15, 0.2) is 0 Å². The second-order valence-corrected chi connectivity index (χ2v) is 8.07. The first-order valence-electron chi connectivity index (χ1n) is 9.97. The number of methoxy groups -OCH3 is 1. The maximum absolute atomic E-state index is 12.2. The molecular weight excluding hydrogens is 328 g/mol. The minimum absolute atomic E-state index is 0.110. The molecule has 0 aromatic heterocycles. The summed E-state index contributed by atoms with van der Waals surface area (Å²) in [5.74, 6) is 2.18. The fourth-order valence-corrected chi connectivity index (χ4v) is 4.57. The summed E-state index contributed by atoms with van der Waals surface area (Å²) in [6.45, 7) is 3.87. The standard InChI is InChI=1S/C21H30N2O3/c1-25-18-7-2-4-15(10-18)12-23-9-8-19-16(13-23)14-26-20(19)11-21(24)22-17-5-3-6-17/h2,4,7,10,16-17,19-20H,3,5-6,8-9,11-14H2,1H3,(H,22,24)/t16-,19-,20-/m1/s1. The van der Waals surface area contributed by atoms with Gasteiger partial charge in [0.1, 0.15) is 5.75 Å². The molecule has 1 amide bonds. The molecule has 26 heavy (non-hydrogen) atoms. The van der Waals surface area contributed by atoms with Crippen LogP contribution < -0.4 is 10.1 Å².